The van der Waals surface area contributed by atoms with Crippen molar-refractivity contribution in [2.75, 3.05) is 0 Å². The second kappa shape index (κ2) is 4.13. The average Bonchev–Trinajstić information content (AvgIpc) is 2.11. The monoisotopic (exact) mass is 256 g/mol. The molecule has 0 saturated carbocycles. The lowest BCUT2D eigenvalue weighted by atomic mass is 10.0. The van der Waals surface area contributed by atoms with Crippen LogP contribution in [0.2, 0.25) is 15.1 Å². The topological polar surface area (TPSA) is 20.2 Å². The lowest BCUT2D eigenvalue weighted by Crippen LogP contribution is -1.96. The summed E-state index contributed by atoms with van der Waals surface area (Å²) in [5, 5.41) is 8.80. The van der Waals surface area contributed by atoms with E-state index in [1.165, 1.54) is 0 Å². The Labute approximate surface area is 96.4 Å². The van der Waals surface area contributed by atoms with E-state index in [4.69, 9.17) is 34.8 Å². The average molecular weight is 258 g/mol. The highest BCUT2D eigenvalue weighted by Crippen LogP contribution is 2.44. The number of hydrogen-bond donors (Lipinski definition) is 1. The van der Waals surface area contributed by atoms with Crippen LogP contribution in [0.3, 0.4) is 0 Å². The summed E-state index contributed by atoms with van der Waals surface area (Å²) in [7, 11) is 0. The predicted octanol–water partition coefficient (Wildman–Crippen LogP) is 4.61. The van der Waals surface area contributed by atoms with Crippen molar-refractivity contribution in [3.8, 4) is 5.75 Å². The van der Waals surface area contributed by atoms with Crippen molar-refractivity contribution in [3.63, 3.8) is 0 Å². The molecule has 0 aromatic heterocycles. The Morgan fingerprint density at radius 2 is 1.57 bits per heavy atom. The van der Waals surface area contributed by atoms with Gasteiger partial charge in [-0.05, 0) is 5.92 Å². The Morgan fingerprint density at radius 3 is 2.00 bits per heavy atom. The van der Waals surface area contributed by atoms with E-state index in [1.54, 1.807) is 13.8 Å². The third kappa shape index (κ3) is 1.79. The Kier molecular flexibility index (Phi) is 3.51. The van der Waals surface area contributed by atoms with Gasteiger partial charge in [-0.25, -0.2) is 4.39 Å². The molecule has 1 N–H and O–H groups in total. The van der Waals surface area contributed by atoms with Crippen LogP contribution in [-0.2, 0) is 0 Å². The summed E-state index contributed by atoms with van der Waals surface area (Å²) in [6, 6.07) is 0. The molecule has 0 unspecified atom stereocenters. The van der Waals surface area contributed by atoms with E-state index in [2.05, 4.69) is 0 Å². The van der Waals surface area contributed by atoms with Crippen LogP contribution >= 0.6 is 34.8 Å². The van der Waals surface area contributed by atoms with Gasteiger partial charge in [-0.15, -0.1) is 0 Å². The third-order valence-electron chi connectivity index (χ3n) is 1.85. The first kappa shape index (κ1) is 11.9. The minimum atomic E-state index is -0.672. The fraction of sp³-hybridized carbons (Fsp3) is 0.333. The van der Waals surface area contributed by atoms with Gasteiger partial charge in [0.15, 0.2) is 5.75 Å². The molecule has 1 rings (SSSR count). The van der Waals surface area contributed by atoms with Gasteiger partial charge in [-0.3, -0.25) is 0 Å². The quantitative estimate of drug-likeness (QED) is 0.575. The van der Waals surface area contributed by atoms with E-state index in [9.17, 15) is 9.50 Å². The molecule has 14 heavy (non-hydrogen) atoms. The smallest absolute Gasteiger partial charge is 0.154 e. The van der Waals surface area contributed by atoms with Gasteiger partial charge in [0, 0.05) is 5.56 Å². The zero-order chi connectivity index (χ0) is 11.0. The predicted molar refractivity (Wildman–Crippen MR) is 57.2 cm³/mol. The number of hydrogen-bond acceptors (Lipinski definition) is 1. The van der Waals surface area contributed by atoms with Crippen LogP contribution in [-0.4, -0.2) is 5.11 Å². The van der Waals surface area contributed by atoms with Crippen LogP contribution in [0.5, 0.6) is 5.75 Å². The molecule has 78 valence electrons. The van der Waals surface area contributed by atoms with E-state index < -0.39 is 5.82 Å². The van der Waals surface area contributed by atoms with Gasteiger partial charge in [0.1, 0.15) is 10.8 Å². The minimum absolute atomic E-state index is 0.0769. The number of benzene rings is 1. The van der Waals surface area contributed by atoms with Gasteiger partial charge in [-0.1, -0.05) is 48.7 Å². The fourth-order valence-electron chi connectivity index (χ4n) is 1.15. The molecule has 0 aliphatic heterocycles. The first-order valence-corrected chi connectivity index (χ1v) is 5.06. The van der Waals surface area contributed by atoms with Crippen LogP contribution in [0.1, 0.15) is 25.3 Å². The van der Waals surface area contributed by atoms with E-state index in [-0.39, 0.29) is 32.3 Å². The molecule has 0 amide bonds. The van der Waals surface area contributed by atoms with Crippen molar-refractivity contribution in [2.24, 2.45) is 0 Å². The largest absolute Gasteiger partial charge is 0.505 e. The molecule has 5 heteroatoms. The summed E-state index contributed by atoms with van der Waals surface area (Å²) in [5.74, 6) is -1.22. The summed E-state index contributed by atoms with van der Waals surface area (Å²) in [6.07, 6.45) is 0. The van der Waals surface area contributed by atoms with Gasteiger partial charge in [-0.2, -0.15) is 0 Å². The number of rotatable bonds is 1. The Balaban J connectivity index is 3.60. The molecule has 0 aliphatic rings. The van der Waals surface area contributed by atoms with Crippen molar-refractivity contribution in [3.05, 3.63) is 26.4 Å². The zero-order valence-electron chi connectivity index (χ0n) is 7.54. The van der Waals surface area contributed by atoms with Crippen LogP contribution in [0.25, 0.3) is 0 Å². The molecule has 1 nitrogen and oxygen atoms in total. The van der Waals surface area contributed by atoms with Crippen molar-refractivity contribution >= 4 is 34.8 Å². The second-order valence-corrected chi connectivity index (χ2v) is 4.31. The second-order valence-electron chi connectivity index (χ2n) is 3.17. The van der Waals surface area contributed by atoms with Crippen LogP contribution in [0, 0.1) is 5.82 Å². The van der Waals surface area contributed by atoms with Gasteiger partial charge < -0.3 is 5.11 Å². The lowest BCUT2D eigenvalue weighted by Gasteiger charge is -2.13. The zero-order valence-corrected chi connectivity index (χ0v) is 9.80. The fourth-order valence-corrected chi connectivity index (χ4v) is 1.96. The summed E-state index contributed by atoms with van der Waals surface area (Å²) < 4.78 is 13.5. The molecule has 0 spiro atoms. The summed E-state index contributed by atoms with van der Waals surface area (Å²) >= 11 is 16.9. The molecular weight excluding hydrogens is 249 g/mol. The Morgan fingerprint density at radius 1 is 1.07 bits per heavy atom. The first-order valence-electron chi connectivity index (χ1n) is 3.92. The van der Waals surface area contributed by atoms with Gasteiger partial charge in [0.25, 0.3) is 0 Å². The molecule has 0 atom stereocenters. The van der Waals surface area contributed by atoms with Crippen LogP contribution in [0.15, 0.2) is 0 Å². The van der Waals surface area contributed by atoms with Crippen molar-refractivity contribution in [1.29, 1.82) is 0 Å². The van der Waals surface area contributed by atoms with E-state index >= 15 is 0 Å². The van der Waals surface area contributed by atoms with Gasteiger partial charge in [0.2, 0.25) is 0 Å². The van der Waals surface area contributed by atoms with Gasteiger partial charge in [0.05, 0.1) is 10.0 Å². The molecule has 0 heterocycles. The highest BCUT2D eigenvalue weighted by atomic mass is 35.5. The van der Waals surface area contributed by atoms with E-state index in [0.717, 1.165) is 0 Å². The van der Waals surface area contributed by atoms with Crippen LogP contribution in [0.4, 0.5) is 4.39 Å². The summed E-state index contributed by atoms with van der Waals surface area (Å²) in [5.41, 5.74) is 0.179. The van der Waals surface area contributed by atoms with Crippen molar-refractivity contribution in [1.82, 2.24) is 0 Å². The molecule has 0 fully saturated rings. The standard InChI is InChI=1S/C9H8Cl3FO/c1-3(2)4-5(10)9(14)7(12)6(11)8(4)13/h3,14H,1-2H3. The maximum Gasteiger partial charge on any atom is 0.154 e. The van der Waals surface area contributed by atoms with E-state index in [1.807, 2.05) is 0 Å². The van der Waals surface area contributed by atoms with Crippen LogP contribution < -0.4 is 0 Å². The number of phenolic OH excluding ortho intramolecular Hbond substituents is 1. The highest BCUT2D eigenvalue weighted by molar-refractivity contribution is 6.45. The number of phenols is 1. The first-order chi connectivity index (χ1) is 6.37. The molecule has 0 radical (unpaired) electrons. The Bertz CT molecular complexity index is 348. The summed E-state index contributed by atoms with van der Waals surface area (Å²) in [6.45, 7) is 3.49. The highest BCUT2D eigenvalue weighted by Gasteiger charge is 2.22. The molecule has 0 bridgehead atoms. The molecule has 1 aromatic carbocycles. The third-order valence-corrected chi connectivity index (χ3v) is 3.05. The minimum Gasteiger partial charge on any atom is -0.505 e. The number of aromatic hydroxyl groups is 1. The summed E-state index contributed by atoms with van der Waals surface area (Å²) in [4.78, 5) is 0. The molecule has 0 aliphatic carbocycles. The molecule has 0 saturated heterocycles. The van der Waals surface area contributed by atoms with E-state index in [0.29, 0.717) is 0 Å². The van der Waals surface area contributed by atoms with Gasteiger partial charge >= 0.3 is 0 Å². The lowest BCUT2D eigenvalue weighted by molar-refractivity contribution is 0.471. The maximum atomic E-state index is 13.5. The Hall–Kier alpha value is -0.180. The SMILES string of the molecule is CC(C)c1c(F)c(Cl)c(Cl)c(O)c1Cl. The normalized spacial score (nSPS) is 11.1. The molecular formula is C9H8Cl3FO. The number of halogens is 4. The van der Waals surface area contributed by atoms with Crippen molar-refractivity contribution in [2.45, 2.75) is 19.8 Å². The maximum absolute atomic E-state index is 13.5. The molecule has 1 aromatic rings. The van der Waals surface area contributed by atoms with Crippen molar-refractivity contribution < 1.29 is 9.50 Å².